The molecule has 0 aliphatic carbocycles. The average molecular weight is 260 g/mol. The lowest BCUT2D eigenvalue weighted by Gasteiger charge is -2.33. The van der Waals surface area contributed by atoms with Gasteiger partial charge in [-0.2, -0.15) is 0 Å². The highest BCUT2D eigenvalue weighted by atomic mass is 16.2. The molecule has 4 heteroatoms. The van der Waals surface area contributed by atoms with Crippen molar-refractivity contribution in [2.24, 2.45) is 0 Å². The van der Waals surface area contributed by atoms with Crippen LogP contribution in [0.4, 0.5) is 0 Å². The van der Waals surface area contributed by atoms with Gasteiger partial charge in [-0.15, -0.1) is 0 Å². The molecule has 4 nitrogen and oxygen atoms in total. The molecule has 0 bridgehead atoms. The van der Waals surface area contributed by atoms with Crippen LogP contribution in [-0.2, 0) is 16.0 Å². The number of benzene rings is 1. The van der Waals surface area contributed by atoms with Gasteiger partial charge in [0.2, 0.25) is 11.8 Å². The molecule has 1 aliphatic heterocycles. The Bertz CT molecular complexity index is 456. The van der Waals surface area contributed by atoms with Gasteiger partial charge in [-0.1, -0.05) is 30.3 Å². The van der Waals surface area contributed by atoms with Crippen molar-refractivity contribution in [2.75, 3.05) is 20.6 Å². The second-order valence-electron chi connectivity index (χ2n) is 5.14. The fraction of sp³-hybridized carbons (Fsp3) is 0.467. The van der Waals surface area contributed by atoms with Crippen LogP contribution in [0.1, 0.15) is 18.4 Å². The van der Waals surface area contributed by atoms with Gasteiger partial charge in [-0.05, 0) is 32.5 Å². The Labute approximate surface area is 114 Å². The van der Waals surface area contributed by atoms with E-state index in [0.29, 0.717) is 19.4 Å². The van der Waals surface area contributed by atoms with Crippen molar-refractivity contribution in [1.29, 1.82) is 0 Å². The highest BCUT2D eigenvalue weighted by Gasteiger charge is 2.34. The minimum absolute atomic E-state index is 0.0426. The van der Waals surface area contributed by atoms with Crippen LogP contribution in [0.15, 0.2) is 30.3 Å². The van der Waals surface area contributed by atoms with Gasteiger partial charge in [0, 0.05) is 13.0 Å². The molecule has 19 heavy (non-hydrogen) atoms. The van der Waals surface area contributed by atoms with E-state index in [0.717, 1.165) is 12.0 Å². The monoisotopic (exact) mass is 260 g/mol. The summed E-state index contributed by atoms with van der Waals surface area (Å²) in [5.41, 5.74) is 1.15. The molecular formula is C15H20N2O2. The van der Waals surface area contributed by atoms with E-state index in [1.807, 2.05) is 49.3 Å². The highest BCUT2D eigenvalue weighted by molar-refractivity contribution is 6.00. The fourth-order valence-electron chi connectivity index (χ4n) is 2.42. The Morgan fingerprint density at radius 1 is 1.21 bits per heavy atom. The minimum atomic E-state index is -0.159. The third-order valence-corrected chi connectivity index (χ3v) is 3.57. The Kier molecular flexibility index (Phi) is 4.32. The summed E-state index contributed by atoms with van der Waals surface area (Å²) in [6.07, 6.45) is 1.81. The Hall–Kier alpha value is -1.68. The van der Waals surface area contributed by atoms with E-state index in [1.165, 1.54) is 4.90 Å². The van der Waals surface area contributed by atoms with Crippen molar-refractivity contribution in [3.05, 3.63) is 35.9 Å². The minimum Gasteiger partial charge on any atom is -0.298 e. The topological polar surface area (TPSA) is 40.6 Å². The molecule has 102 valence electrons. The zero-order valence-corrected chi connectivity index (χ0v) is 11.5. The molecule has 0 saturated carbocycles. The number of nitrogens with zero attached hydrogens (tertiary/aromatic N) is 2. The van der Waals surface area contributed by atoms with E-state index in [1.54, 1.807) is 0 Å². The molecule has 1 atom stereocenters. The van der Waals surface area contributed by atoms with Gasteiger partial charge in [0.1, 0.15) is 0 Å². The summed E-state index contributed by atoms with van der Waals surface area (Å²) < 4.78 is 0. The van der Waals surface area contributed by atoms with Gasteiger partial charge >= 0.3 is 0 Å². The number of carbonyl (C=O) groups is 2. The Morgan fingerprint density at radius 3 is 2.53 bits per heavy atom. The molecular weight excluding hydrogens is 240 g/mol. The molecule has 1 aliphatic rings. The largest absolute Gasteiger partial charge is 0.298 e. The van der Waals surface area contributed by atoms with Gasteiger partial charge in [0.15, 0.2) is 0 Å². The van der Waals surface area contributed by atoms with Crippen molar-refractivity contribution < 1.29 is 9.59 Å². The molecule has 0 unspecified atom stereocenters. The van der Waals surface area contributed by atoms with Crippen LogP contribution in [0.5, 0.6) is 0 Å². The van der Waals surface area contributed by atoms with Crippen molar-refractivity contribution in [3.63, 3.8) is 0 Å². The van der Waals surface area contributed by atoms with E-state index < -0.39 is 0 Å². The smallest absolute Gasteiger partial charge is 0.246 e. The first-order valence-corrected chi connectivity index (χ1v) is 6.64. The average Bonchev–Trinajstić information content (AvgIpc) is 2.39. The van der Waals surface area contributed by atoms with Crippen molar-refractivity contribution in [1.82, 2.24) is 9.80 Å². The maximum atomic E-state index is 12.3. The molecule has 2 rings (SSSR count). The predicted octanol–water partition coefficient (Wildman–Crippen LogP) is 1.31. The lowest BCUT2D eigenvalue weighted by molar-refractivity contribution is -0.152. The molecule has 0 radical (unpaired) electrons. The fourth-order valence-corrected chi connectivity index (χ4v) is 2.42. The van der Waals surface area contributed by atoms with Gasteiger partial charge in [0.25, 0.3) is 0 Å². The van der Waals surface area contributed by atoms with Crippen LogP contribution < -0.4 is 0 Å². The number of amides is 2. The molecule has 2 amide bonds. The van der Waals surface area contributed by atoms with E-state index >= 15 is 0 Å². The summed E-state index contributed by atoms with van der Waals surface area (Å²) in [5.74, 6) is -0.101. The highest BCUT2D eigenvalue weighted by Crippen LogP contribution is 2.17. The number of hydrogen-bond acceptors (Lipinski definition) is 3. The number of imide groups is 1. The molecule has 0 spiro atoms. The van der Waals surface area contributed by atoms with Gasteiger partial charge in [-0.3, -0.25) is 19.4 Å². The summed E-state index contributed by atoms with van der Waals surface area (Å²) in [4.78, 5) is 27.5. The van der Waals surface area contributed by atoms with E-state index in [9.17, 15) is 9.59 Å². The van der Waals surface area contributed by atoms with Gasteiger partial charge in [-0.25, -0.2) is 0 Å². The Balaban J connectivity index is 2.01. The second kappa shape index (κ2) is 5.97. The molecule has 1 saturated heterocycles. The first-order chi connectivity index (χ1) is 9.09. The third-order valence-electron chi connectivity index (χ3n) is 3.57. The number of likely N-dealkylation sites (N-methyl/N-ethyl adjacent to an activating group) is 1. The molecule has 1 fully saturated rings. The molecule has 1 aromatic carbocycles. The lowest BCUT2D eigenvalue weighted by Crippen LogP contribution is -2.53. The van der Waals surface area contributed by atoms with Crippen LogP contribution in [-0.4, -0.2) is 48.3 Å². The van der Waals surface area contributed by atoms with Gasteiger partial charge in [0.05, 0.1) is 6.04 Å². The summed E-state index contributed by atoms with van der Waals surface area (Å²) in [7, 11) is 3.77. The maximum Gasteiger partial charge on any atom is 0.246 e. The summed E-state index contributed by atoms with van der Waals surface area (Å²) in [5, 5.41) is 0. The summed E-state index contributed by atoms with van der Waals surface area (Å²) in [6.45, 7) is 0.478. The predicted molar refractivity (Wildman–Crippen MR) is 73.6 cm³/mol. The third kappa shape index (κ3) is 3.20. The quantitative estimate of drug-likeness (QED) is 0.766. The van der Waals surface area contributed by atoms with Crippen molar-refractivity contribution in [2.45, 2.75) is 25.3 Å². The maximum absolute atomic E-state index is 12.3. The molecule has 0 N–H and O–H groups in total. The number of likely N-dealkylation sites (tertiary alicyclic amines) is 1. The summed E-state index contributed by atoms with van der Waals surface area (Å²) >= 11 is 0. The van der Waals surface area contributed by atoms with Crippen LogP contribution >= 0.6 is 0 Å². The second-order valence-corrected chi connectivity index (χ2v) is 5.14. The number of carbonyl (C=O) groups excluding carboxylic acids is 2. The normalized spacial score (nSPS) is 20.2. The van der Waals surface area contributed by atoms with Crippen LogP contribution in [0.3, 0.4) is 0 Å². The summed E-state index contributed by atoms with van der Waals surface area (Å²) in [6, 6.07) is 9.77. The Morgan fingerprint density at radius 2 is 1.89 bits per heavy atom. The van der Waals surface area contributed by atoms with Crippen LogP contribution in [0.2, 0.25) is 0 Å². The molecule has 1 heterocycles. The van der Waals surface area contributed by atoms with Crippen molar-refractivity contribution >= 4 is 11.8 Å². The van der Waals surface area contributed by atoms with E-state index in [2.05, 4.69) is 0 Å². The standard InChI is InChI=1S/C15H20N2O2/c1-16(2)13-8-9-14(18)17(15(13)19)11-10-12-6-4-3-5-7-12/h3-7,13H,8-11H2,1-2H3/t13-/m1/s1. The first kappa shape index (κ1) is 13.7. The van der Waals surface area contributed by atoms with Crippen molar-refractivity contribution in [3.8, 4) is 0 Å². The van der Waals surface area contributed by atoms with E-state index in [4.69, 9.17) is 0 Å². The SMILES string of the molecule is CN(C)[C@@H]1CCC(=O)N(CCc2ccccc2)C1=O. The number of piperidine rings is 1. The first-order valence-electron chi connectivity index (χ1n) is 6.64. The number of hydrogen-bond donors (Lipinski definition) is 0. The van der Waals surface area contributed by atoms with E-state index in [-0.39, 0.29) is 17.9 Å². The van der Waals surface area contributed by atoms with Gasteiger partial charge < -0.3 is 0 Å². The zero-order chi connectivity index (χ0) is 13.8. The lowest BCUT2D eigenvalue weighted by atomic mass is 10.0. The molecule has 0 aromatic heterocycles. The van der Waals surface area contributed by atoms with Crippen LogP contribution in [0, 0.1) is 0 Å². The zero-order valence-electron chi connectivity index (χ0n) is 11.5. The number of rotatable bonds is 4. The van der Waals surface area contributed by atoms with Crippen LogP contribution in [0.25, 0.3) is 0 Å². The molecule has 1 aromatic rings.